The Morgan fingerprint density at radius 2 is 1.36 bits per heavy atom. The molecule has 0 fully saturated rings. The molecule has 9 heteroatoms. The molecular formula is C30H32N4O5. The topological polar surface area (TPSA) is 128 Å². The lowest BCUT2D eigenvalue weighted by molar-refractivity contribution is -0.142. The first-order valence-electron chi connectivity index (χ1n) is 12.8. The van der Waals surface area contributed by atoms with Gasteiger partial charge in [-0.15, -0.1) is 0 Å². The third-order valence-electron chi connectivity index (χ3n) is 6.61. The summed E-state index contributed by atoms with van der Waals surface area (Å²) in [6.07, 6.45) is 0.215. The molecule has 4 rings (SSSR count). The Hall–Kier alpha value is -4.66. The van der Waals surface area contributed by atoms with Crippen LogP contribution in [0.4, 0.5) is 16.2 Å². The minimum atomic E-state index is -1.19. The first kappa shape index (κ1) is 27.4. The van der Waals surface area contributed by atoms with Crippen LogP contribution < -0.4 is 20.9 Å². The van der Waals surface area contributed by atoms with E-state index >= 15 is 0 Å². The molecule has 1 aliphatic rings. The number of nitrogens with one attached hydrogen (secondary N) is 3. The van der Waals surface area contributed by atoms with Gasteiger partial charge in [0.15, 0.2) is 0 Å². The third-order valence-corrected chi connectivity index (χ3v) is 6.61. The Morgan fingerprint density at radius 1 is 0.821 bits per heavy atom. The summed E-state index contributed by atoms with van der Waals surface area (Å²) in [5.41, 5.74) is 2.54. The molecule has 3 aromatic rings. The standard InChI is InChI=1S/C30H32N4O5/c1-19(2)26-28(36)31-22-15-9-10-16-25(22)34(26)30(39)33-23(17-20-11-5-3-6-12-20)27(35)32-24(29(37)38)18-21-13-7-4-8-14-21/h3-16,19,23-24,26H,17-18H2,1-2H3,(H,31,36)(H,32,35)(H,33,39)(H,37,38)/t23-,24+,26+/m1/s1. The molecule has 1 aliphatic heterocycles. The number of carboxylic acid groups (broad SMARTS) is 1. The van der Waals surface area contributed by atoms with Crippen LogP contribution in [0, 0.1) is 5.92 Å². The summed E-state index contributed by atoms with van der Waals surface area (Å²) in [5.74, 6) is -2.35. The van der Waals surface area contributed by atoms with E-state index in [1.165, 1.54) is 4.90 Å². The maximum Gasteiger partial charge on any atom is 0.326 e. The number of aliphatic carboxylic acids is 1. The zero-order chi connectivity index (χ0) is 27.9. The smallest absolute Gasteiger partial charge is 0.326 e. The van der Waals surface area contributed by atoms with Crippen LogP contribution in [0.2, 0.25) is 0 Å². The maximum atomic E-state index is 13.8. The second kappa shape index (κ2) is 12.3. The lowest BCUT2D eigenvalue weighted by atomic mass is 9.97. The van der Waals surface area contributed by atoms with Crippen molar-refractivity contribution in [2.24, 2.45) is 5.92 Å². The molecule has 0 saturated heterocycles. The number of amides is 4. The number of carbonyl (C=O) groups is 4. The van der Waals surface area contributed by atoms with Crippen LogP contribution >= 0.6 is 0 Å². The number of benzene rings is 3. The van der Waals surface area contributed by atoms with E-state index in [1.807, 2.05) is 50.2 Å². The minimum Gasteiger partial charge on any atom is -0.480 e. The van der Waals surface area contributed by atoms with Gasteiger partial charge in [0, 0.05) is 12.8 Å². The summed E-state index contributed by atoms with van der Waals surface area (Å²) in [6.45, 7) is 3.68. The molecule has 0 unspecified atom stereocenters. The first-order valence-corrected chi connectivity index (χ1v) is 12.8. The van der Waals surface area contributed by atoms with Gasteiger partial charge in [0.05, 0.1) is 11.4 Å². The lowest BCUT2D eigenvalue weighted by Crippen LogP contribution is -2.60. The van der Waals surface area contributed by atoms with E-state index in [1.54, 1.807) is 48.5 Å². The van der Waals surface area contributed by atoms with Gasteiger partial charge < -0.3 is 21.1 Å². The zero-order valence-corrected chi connectivity index (χ0v) is 21.8. The van der Waals surface area contributed by atoms with Crippen LogP contribution in [0.25, 0.3) is 0 Å². The highest BCUT2D eigenvalue weighted by atomic mass is 16.4. The van der Waals surface area contributed by atoms with Crippen LogP contribution in [0.5, 0.6) is 0 Å². The molecule has 0 saturated carbocycles. The van der Waals surface area contributed by atoms with Crippen LogP contribution in [0.1, 0.15) is 25.0 Å². The Morgan fingerprint density at radius 3 is 1.92 bits per heavy atom. The Labute approximate surface area is 227 Å². The highest BCUT2D eigenvalue weighted by molar-refractivity contribution is 6.12. The van der Waals surface area contributed by atoms with E-state index in [4.69, 9.17) is 0 Å². The number of hydrogen-bond donors (Lipinski definition) is 4. The summed E-state index contributed by atoms with van der Waals surface area (Å²) >= 11 is 0. The first-order chi connectivity index (χ1) is 18.7. The van der Waals surface area contributed by atoms with Crippen LogP contribution in [0.15, 0.2) is 84.9 Å². The molecule has 0 radical (unpaired) electrons. The number of anilines is 2. The molecule has 4 N–H and O–H groups in total. The summed E-state index contributed by atoms with van der Waals surface area (Å²) < 4.78 is 0. The molecule has 0 aromatic heterocycles. The molecule has 0 spiro atoms. The largest absolute Gasteiger partial charge is 0.480 e. The van der Waals surface area contributed by atoms with Gasteiger partial charge in [-0.2, -0.15) is 0 Å². The monoisotopic (exact) mass is 528 g/mol. The van der Waals surface area contributed by atoms with E-state index in [9.17, 15) is 24.3 Å². The van der Waals surface area contributed by atoms with Crippen molar-refractivity contribution in [3.8, 4) is 0 Å². The number of carbonyl (C=O) groups excluding carboxylic acids is 3. The predicted molar refractivity (Wildman–Crippen MR) is 148 cm³/mol. The van der Waals surface area contributed by atoms with Crippen LogP contribution in [0.3, 0.4) is 0 Å². The highest BCUT2D eigenvalue weighted by Crippen LogP contribution is 2.34. The number of urea groups is 1. The quantitative estimate of drug-likeness (QED) is 0.337. The molecule has 9 nitrogen and oxygen atoms in total. The summed E-state index contributed by atoms with van der Waals surface area (Å²) in [6, 6.07) is 21.4. The molecule has 39 heavy (non-hydrogen) atoms. The van der Waals surface area contributed by atoms with Crippen molar-refractivity contribution in [2.45, 2.75) is 44.8 Å². The molecule has 0 bridgehead atoms. The lowest BCUT2D eigenvalue weighted by Gasteiger charge is -2.39. The Kier molecular flexibility index (Phi) is 8.60. The van der Waals surface area contributed by atoms with Gasteiger partial charge in [-0.05, 0) is 29.2 Å². The van der Waals surface area contributed by atoms with Gasteiger partial charge in [0.2, 0.25) is 11.8 Å². The molecule has 1 heterocycles. The van der Waals surface area contributed by atoms with Crippen molar-refractivity contribution in [2.75, 3.05) is 10.2 Å². The fraction of sp³-hybridized carbons (Fsp3) is 0.267. The van der Waals surface area contributed by atoms with Crippen molar-refractivity contribution < 1.29 is 24.3 Å². The van der Waals surface area contributed by atoms with Crippen LogP contribution in [-0.2, 0) is 27.2 Å². The fourth-order valence-electron chi connectivity index (χ4n) is 4.70. The van der Waals surface area contributed by atoms with E-state index in [-0.39, 0.29) is 24.7 Å². The summed E-state index contributed by atoms with van der Waals surface area (Å²) in [7, 11) is 0. The van der Waals surface area contributed by atoms with E-state index in [0.717, 1.165) is 11.1 Å². The Balaban J connectivity index is 1.61. The second-order valence-corrected chi connectivity index (χ2v) is 9.85. The number of rotatable bonds is 9. The molecule has 3 aromatic carbocycles. The number of fused-ring (bicyclic) bond motifs is 1. The normalized spacial score (nSPS) is 16.0. The predicted octanol–water partition coefficient (Wildman–Crippen LogP) is 3.60. The SMILES string of the molecule is CC(C)[C@H]1C(=O)Nc2ccccc2N1C(=O)N[C@H](Cc1ccccc1)C(=O)N[C@@H](Cc1ccccc1)C(=O)O. The van der Waals surface area contributed by atoms with Crippen molar-refractivity contribution in [1.82, 2.24) is 10.6 Å². The van der Waals surface area contributed by atoms with Crippen molar-refractivity contribution in [3.63, 3.8) is 0 Å². The molecule has 0 aliphatic carbocycles. The fourth-order valence-corrected chi connectivity index (χ4v) is 4.70. The number of nitrogens with zero attached hydrogens (tertiary/aromatic N) is 1. The summed E-state index contributed by atoms with van der Waals surface area (Å²) in [5, 5.41) is 18.1. The summed E-state index contributed by atoms with van der Waals surface area (Å²) in [4.78, 5) is 53.6. The van der Waals surface area contributed by atoms with Gasteiger partial charge in [-0.25, -0.2) is 9.59 Å². The van der Waals surface area contributed by atoms with Gasteiger partial charge in [-0.3, -0.25) is 14.5 Å². The number of para-hydroxylation sites is 2. The third kappa shape index (κ3) is 6.62. The van der Waals surface area contributed by atoms with Crippen LogP contribution in [-0.4, -0.2) is 47.0 Å². The zero-order valence-electron chi connectivity index (χ0n) is 21.8. The second-order valence-electron chi connectivity index (χ2n) is 9.85. The van der Waals surface area contributed by atoms with Gasteiger partial charge in [-0.1, -0.05) is 86.6 Å². The number of hydrogen-bond acceptors (Lipinski definition) is 4. The maximum absolute atomic E-state index is 13.8. The van der Waals surface area contributed by atoms with Crippen molar-refractivity contribution in [1.29, 1.82) is 0 Å². The average molecular weight is 529 g/mol. The average Bonchev–Trinajstić information content (AvgIpc) is 2.92. The van der Waals surface area contributed by atoms with E-state index in [0.29, 0.717) is 11.4 Å². The van der Waals surface area contributed by atoms with Gasteiger partial charge in [0.25, 0.3) is 0 Å². The highest BCUT2D eigenvalue weighted by Gasteiger charge is 2.40. The number of carboxylic acids is 1. The molecule has 202 valence electrons. The van der Waals surface area contributed by atoms with Gasteiger partial charge in [0.1, 0.15) is 18.1 Å². The van der Waals surface area contributed by atoms with Crippen molar-refractivity contribution in [3.05, 3.63) is 96.1 Å². The molecular weight excluding hydrogens is 496 g/mol. The molecule has 4 amide bonds. The molecule has 3 atom stereocenters. The Bertz CT molecular complexity index is 1330. The minimum absolute atomic E-state index is 0.0863. The van der Waals surface area contributed by atoms with Crippen molar-refractivity contribution >= 4 is 35.2 Å². The van der Waals surface area contributed by atoms with Gasteiger partial charge >= 0.3 is 12.0 Å². The van der Waals surface area contributed by atoms with E-state index in [2.05, 4.69) is 16.0 Å². The van der Waals surface area contributed by atoms with E-state index < -0.39 is 36.0 Å².